The molecular formula is C19H25NO. The lowest BCUT2D eigenvalue weighted by atomic mass is 10.0. The Balaban J connectivity index is 1.76. The van der Waals surface area contributed by atoms with Gasteiger partial charge in [-0.3, -0.25) is 9.78 Å². The van der Waals surface area contributed by atoms with Crippen molar-refractivity contribution >= 4 is 16.7 Å². The molecular weight excluding hydrogens is 258 g/mol. The minimum Gasteiger partial charge on any atom is -0.299 e. The molecule has 2 nitrogen and oxygen atoms in total. The molecule has 1 aromatic heterocycles. The van der Waals surface area contributed by atoms with E-state index in [9.17, 15) is 4.79 Å². The Kier molecular flexibility index (Phi) is 6.39. The highest BCUT2D eigenvalue weighted by Crippen LogP contribution is 2.13. The smallest absolute Gasteiger partial charge is 0.138 e. The van der Waals surface area contributed by atoms with Crippen LogP contribution in [0.15, 0.2) is 36.4 Å². The number of aromatic nitrogens is 1. The van der Waals surface area contributed by atoms with E-state index in [0.29, 0.717) is 18.6 Å². The van der Waals surface area contributed by atoms with Crippen molar-refractivity contribution in [1.82, 2.24) is 4.98 Å². The van der Waals surface area contributed by atoms with Crippen molar-refractivity contribution in [2.45, 2.75) is 58.3 Å². The van der Waals surface area contributed by atoms with E-state index in [4.69, 9.17) is 0 Å². The summed E-state index contributed by atoms with van der Waals surface area (Å²) in [7, 11) is 0. The molecule has 0 N–H and O–H groups in total. The number of fused-ring (bicyclic) bond motifs is 1. The third-order valence-corrected chi connectivity index (χ3v) is 3.84. The minimum atomic E-state index is 0.313. The van der Waals surface area contributed by atoms with Crippen LogP contribution in [0.4, 0.5) is 0 Å². The van der Waals surface area contributed by atoms with E-state index in [2.05, 4.69) is 18.0 Å². The molecule has 0 bridgehead atoms. The van der Waals surface area contributed by atoms with Gasteiger partial charge in [0.1, 0.15) is 5.78 Å². The van der Waals surface area contributed by atoms with Crippen LogP contribution in [-0.2, 0) is 11.2 Å². The number of carbonyl (C=O) groups excluding carboxylic acids is 1. The number of rotatable bonds is 9. The molecule has 0 saturated carbocycles. The molecule has 0 unspecified atom stereocenters. The summed E-state index contributed by atoms with van der Waals surface area (Å²) in [4.78, 5) is 16.6. The molecule has 0 fully saturated rings. The summed E-state index contributed by atoms with van der Waals surface area (Å²) in [6, 6.07) is 12.1. The van der Waals surface area contributed by atoms with Crippen LogP contribution in [0.1, 0.15) is 57.6 Å². The zero-order chi connectivity index (χ0) is 14.9. The van der Waals surface area contributed by atoms with Gasteiger partial charge in [-0.05, 0) is 18.6 Å². The zero-order valence-electron chi connectivity index (χ0n) is 13.0. The van der Waals surface area contributed by atoms with E-state index in [1.54, 1.807) is 0 Å². The second-order valence-corrected chi connectivity index (χ2v) is 5.73. The molecule has 0 amide bonds. The normalized spacial score (nSPS) is 10.9. The maximum Gasteiger partial charge on any atom is 0.138 e. The fourth-order valence-electron chi connectivity index (χ4n) is 2.60. The molecule has 1 heterocycles. The first-order chi connectivity index (χ1) is 10.3. The lowest BCUT2D eigenvalue weighted by molar-refractivity contribution is -0.118. The van der Waals surface area contributed by atoms with Crippen molar-refractivity contribution in [3.05, 3.63) is 42.1 Å². The Morgan fingerprint density at radius 1 is 0.952 bits per heavy atom. The van der Waals surface area contributed by atoms with Crippen LogP contribution in [0.3, 0.4) is 0 Å². The summed E-state index contributed by atoms with van der Waals surface area (Å²) in [5.41, 5.74) is 1.87. The quantitative estimate of drug-likeness (QED) is 0.599. The SMILES string of the molecule is CCCCCCCCC(=O)Cc1ccc2ccccc2n1. The molecule has 21 heavy (non-hydrogen) atoms. The fraction of sp³-hybridized carbons (Fsp3) is 0.474. The Labute approximate surface area is 127 Å². The fourth-order valence-corrected chi connectivity index (χ4v) is 2.60. The van der Waals surface area contributed by atoms with Crippen LogP contribution < -0.4 is 0 Å². The van der Waals surface area contributed by atoms with Gasteiger partial charge in [0.2, 0.25) is 0 Å². The molecule has 0 aliphatic heterocycles. The Bertz CT molecular complexity index is 577. The molecule has 0 atom stereocenters. The van der Waals surface area contributed by atoms with Crippen LogP contribution in [-0.4, -0.2) is 10.8 Å². The van der Waals surface area contributed by atoms with Gasteiger partial charge in [-0.1, -0.05) is 63.3 Å². The summed E-state index contributed by atoms with van der Waals surface area (Å²) in [5.74, 6) is 0.313. The molecule has 2 aromatic rings. The maximum atomic E-state index is 12.0. The number of Topliss-reactive ketones (excluding diaryl/α,β-unsaturated/α-hetero) is 1. The second kappa shape index (κ2) is 8.56. The van der Waals surface area contributed by atoms with Crippen molar-refractivity contribution in [1.29, 1.82) is 0 Å². The van der Waals surface area contributed by atoms with E-state index >= 15 is 0 Å². The van der Waals surface area contributed by atoms with Gasteiger partial charge < -0.3 is 0 Å². The van der Waals surface area contributed by atoms with Crippen LogP contribution in [0.2, 0.25) is 0 Å². The monoisotopic (exact) mass is 283 g/mol. The van der Waals surface area contributed by atoms with E-state index in [0.717, 1.165) is 23.0 Å². The van der Waals surface area contributed by atoms with Crippen molar-refractivity contribution < 1.29 is 4.79 Å². The highest BCUT2D eigenvalue weighted by molar-refractivity contribution is 5.82. The molecule has 0 saturated heterocycles. The van der Waals surface area contributed by atoms with Crippen molar-refractivity contribution in [2.75, 3.05) is 0 Å². The average Bonchev–Trinajstić information content (AvgIpc) is 2.50. The molecule has 0 radical (unpaired) electrons. The van der Waals surface area contributed by atoms with Crippen LogP contribution >= 0.6 is 0 Å². The van der Waals surface area contributed by atoms with E-state index in [-0.39, 0.29) is 0 Å². The number of pyridine rings is 1. The van der Waals surface area contributed by atoms with Crippen LogP contribution in [0, 0.1) is 0 Å². The van der Waals surface area contributed by atoms with Crippen molar-refractivity contribution in [3.8, 4) is 0 Å². The van der Waals surface area contributed by atoms with Gasteiger partial charge >= 0.3 is 0 Å². The number of nitrogens with zero attached hydrogens (tertiary/aromatic N) is 1. The number of para-hydroxylation sites is 1. The van der Waals surface area contributed by atoms with Gasteiger partial charge in [-0.15, -0.1) is 0 Å². The predicted octanol–water partition coefficient (Wildman–Crippen LogP) is 5.10. The lowest BCUT2D eigenvalue weighted by Gasteiger charge is -2.03. The highest BCUT2D eigenvalue weighted by Gasteiger charge is 2.05. The van der Waals surface area contributed by atoms with Gasteiger partial charge in [-0.25, -0.2) is 0 Å². The predicted molar refractivity (Wildman–Crippen MR) is 88.4 cm³/mol. The first-order valence-electron chi connectivity index (χ1n) is 8.16. The molecule has 1 aromatic carbocycles. The molecule has 2 heteroatoms. The van der Waals surface area contributed by atoms with Gasteiger partial charge in [0.25, 0.3) is 0 Å². The number of ketones is 1. The number of benzene rings is 1. The first kappa shape index (κ1) is 15.7. The van der Waals surface area contributed by atoms with Gasteiger partial charge in [-0.2, -0.15) is 0 Å². The Morgan fingerprint density at radius 3 is 2.57 bits per heavy atom. The summed E-state index contributed by atoms with van der Waals surface area (Å²) in [6.07, 6.45) is 8.52. The first-order valence-corrected chi connectivity index (χ1v) is 8.16. The summed E-state index contributed by atoms with van der Waals surface area (Å²) < 4.78 is 0. The largest absolute Gasteiger partial charge is 0.299 e. The molecule has 112 valence electrons. The Hall–Kier alpha value is -1.70. The van der Waals surface area contributed by atoms with Gasteiger partial charge in [0, 0.05) is 23.9 Å². The number of carbonyl (C=O) groups is 1. The van der Waals surface area contributed by atoms with Gasteiger partial charge in [0.15, 0.2) is 0 Å². The minimum absolute atomic E-state index is 0.313. The Morgan fingerprint density at radius 2 is 1.71 bits per heavy atom. The van der Waals surface area contributed by atoms with E-state index < -0.39 is 0 Å². The standard InChI is InChI=1S/C19H25NO/c1-2-3-4-5-6-7-11-18(21)15-17-14-13-16-10-8-9-12-19(16)20-17/h8-10,12-14H,2-7,11,15H2,1H3. The molecule has 2 rings (SSSR count). The number of hydrogen-bond donors (Lipinski definition) is 0. The zero-order valence-corrected chi connectivity index (χ0v) is 13.0. The van der Waals surface area contributed by atoms with Crippen molar-refractivity contribution in [2.24, 2.45) is 0 Å². The van der Waals surface area contributed by atoms with Crippen LogP contribution in [0.5, 0.6) is 0 Å². The van der Waals surface area contributed by atoms with E-state index in [1.165, 1.54) is 32.1 Å². The summed E-state index contributed by atoms with van der Waals surface area (Å²) in [5, 5.41) is 1.13. The van der Waals surface area contributed by atoms with Crippen molar-refractivity contribution in [3.63, 3.8) is 0 Å². The number of hydrogen-bond acceptors (Lipinski definition) is 2. The maximum absolute atomic E-state index is 12.0. The molecule has 0 spiro atoms. The summed E-state index contributed by atoms with van der Waals surface area (Å²) in [6.45, 7) is 2.22. The average molecular weight is 283 g/mol. The third-order valence-electron chi connectivity index (χ3n) is 3.84. The topological polar surface area (TPSA) is 30.0 Å². The summed E-state index contributed by atoms with van der Waals surface area (Å²) >= 11 is 0. The molecule has 0 aliphatic carbocycles. The highest BCUT2D eigenvalue weighted by atomic mass is 16.1. The van der Waals surface area contributed by atoms with E-state index in [1.807, 2.05) is 30.3 Å². The second-order valence-electron chi connectivity index (χ2n) is 5.73. The molecule has 0 aliphatic rings. The lowest BCUT2D eigenvalue weighted by Crippen LogP contribution is -2.04. The van der Waals surface area contributed by atoms with Crippen LogP contribution in [0.25, 0.3) is 10.9 Å². The third kappa shape index (κ3) is 5.30. The van der Waals surface area contributed by atoms with Gasteiger partial charge in [0.05, 0.1) is 5.52 Å². The number of unbranched alkanes of at least 4 members (excludes halogenated alkanes) is 5.